The van der Waals surface area contributed by atoms with Crippen LogP contribution in [-0.4, -0.2) is 29.3 Å². The molecule has 0 spiro atoms. The lowest BCUT2D eigenvalue weighted by Gasteiger charge is -2.36. The molecule has 1 aromatic carbocycles. The highest BCUT2D eigenvalue weighted by Gasteiger charge is 2.28. The average molecular weight is 295 g/mol. The Hall–Kier alpha value is -1.66. The number of halogens is 1. The Kier molecular flexibility index (Phi) is 4.80. The second kappa shape index (κ2) is 6.41. The van der Waals surface area contributed by atoms with Crippen LogP contribution in [0.1, 0.15) is 37.8 Å². The fourth-order valence-electron chi connectivity index (χ4n) is 2.57. The Labute approximate surface area is 124 Å². The zero-order chi connectivity index (χ0) is 15.5. The molecule has 21 heavy (non-hydrogen) atoms. The van der Waals surface area contributed by atoms with Gasteiger partial charge in [0.25, 0.3) is 0 Å². The second-order valence-corrected chi connectivity index (χ2v) is 5.97. The lowest BCUT2D eigenvalue weighted by molar-refractivity contribution is -0.0630. The van der Waals surface area contributed by atoms with Crippen molar-refractivity contribution in [3.63, 3.8) is 0 Å². The van der Waals surface area contributed by atoms with Gasteiger partial charge in [-0.15, -0.1) is 0 Å². The summed E-state index contributed by atoms with van der Waals surface area (Å²) in [4.78, 5) is 0. The number of oxime groups is 1. The van der Waals surface area contributed by atoms with Gasteiger partial charge in [0.1, 0.15) is 5.82 Å². The van der Waals surface area contributed by atoms with Gasteiger partial charge in [0, 0.05) is 30.3 Å². The molecular weight excluding hydrogens is 273 g/mol. The van der Waals surface area contributed by atoms with E-state index in [4.69, 9.17) is 15.7 Å². The standard InChI is InChI=1S/C15H22FN3O2/c1-15(2)8-12(5-6-21-15)18-9-11-4-3-10(7-13(11)16)14(17)19-20/h3-4,7,12,18,20H,5-6,8-9H2,1-2H3,(H2,17,19). The monoisotopic (exact) mass is 295 g/mol. The minimum absolute atomic E-state index is 0.0976. The highest BCUT2D eigenvalue weighted by Crippen LogP contribution is 2.24. The van der Waals surface area contributed by atoms with Crippen molar-refractivity contribution in [1.82, 2.24) is 5.32 Å². The molecule has 2 rings (SSSR count). The van der Waals surface area contributed by atoms with E-state index < -0.39 is 0 Å². The summed E-state index contributed by atoms with van der Waals surface area (Å²) in [5, 5.41) is 14.8. The van der Waals surface area contributed by atoms with E-state index in [1.165, 1.54) is 6.07 Å². The van der Waals surface area contributed by atoms with Crippen molar-refractivity contribution in [1.29, 1.82) is 0 Å². The lowest BCUT2D eigenvalue weighted by Crippen LogP contribution is -2.43. The summed E-state index contributed by atoms with van der Waals surface area (Å²) in [5.74, 6) is -0.461. The van der Waals surface area contributed by atoms with Gasteiger partial charge in [0.15, 0.2) is 5.84 Å². The fraction of sp³-hybridized carbons (Fsp3) is 0.533. The molecule has 0 amide bonds. The van der Waals surface area contributed by atoms with Crippen LogP contribution in [0, 0.1) is 5.82 Å². The summed E-state index contributed by atoms with van der Waals surface area (Å²) >= 11 is 0. The molecular formula is C15H22FN3O2. The van der Waals surface area contributed by atoms with Gasteiger partial charge in [0.2, 0.25) is 0 Å². The first-order chi connectivity index (χ1) is 9.91. The third-order valence-corrected chi connectivity index (χ3v) is 3.73. The maximum Gasteiger partial charge on any atom is 0.170 e. The number of nitrogens with zero attached hydrogens (tertiary/aromatic N) is 1. The summed E-state index contributed by atoms with van der Waals surface area (Å²) in [7, 11) is 0. The van der Waals surface area contributed by atoms with Crippen molar-refractivity contribution < 1.29 is 14.3 Å². The van der Waals surface area contributed by atoms with E-state index in [1.54, 1.807) is 12.1 Å². The van der Waals surface area contributed by atoms with E-state index in [9.17, 15) is 4.39 Å². The van der Waals surface area contributed by atoms with E-state index in [1.807, 2.05) is 0 Å². The summed E-state index contributed by atoms with van der Waals surface area (Å²) in [5.41, 5.74) is 6.23. The smallest absolute Gasteiger partial charge is 0.170 e. The Balaban J connectivity index is 1.97. The first-order valence-electron chi connectivity index (χ1n) is 7.05. The maximum atomic E-state index is 14.0. The van der Waals surface area contributed by atoms with Gasteiger partial charge in [-0.1, -0.05) is 17.3 Å². The molecule has 0 aromatic heterocycles. The van der Waals surface area contributed by atoms with Crippen LogP contribution in [0.5, 0.6) is 0 Å². The highest BCUT2D eigenvalue weighted by molar-refractivity contribution is 5.97. The summed E-state index contributed by atoms with van der Waals surface area (Å²) in [6, 6.07) is 4.89. The molecule has 0 bridgehead atoms. The normalized spacial score (nSPS) is 22.2. The van der Waals surface area contributed by atoms with E-state index in [-0.39, 0.29) is 17.3 Å². The van der Waals surface area contributed by atoms with Gasteiger partial charge in [-0.3, -0.25) is 0 Å². The molecule has 1 atom stereocenters. The molecule has 1 heterocycles. The molecule has 5 nitrogen and oxygen atoms in total. The molecule has 0 radical (unpaired) electrons. The van der Waals surface area contributed by atoms with Gasteiger partial charge in [-0.05, 0) is 32.8 Å². The maximum absolute atomic E-state index is 14.0. The van der Waals surface area contributed by atoms with Crippen molar-refractivity contribution >= 4 is 5.84 Å². The van der Waals surface area contributed by atoms with Crippen LogP contribution in [0.3, 0.4) is 0 Å². The topological polar surface area (TPSA) is 79.9 Å². The molecule has 1 unspecified atom stereocenters. The number of benzene rings is 1. The van der Waals surface area contributed by atoms with Gasteiger partial charge < -0.3 is 21.0 Å². The van der Waals surface area contributed by atoms with Crippen molar-refractivity contribution in [3.8, 4) is 0 Å². The number of hydrogen-bond donors (Lipinski definition) is 3. The quantitative estimate of drug-likeness (QED) is 0.343. The first-order valence-corrected chi connectivity index (χ1v) is 7.05. The van der Waals surface area contributed by atoms with Crippen LogP contribution in [0.15, 0.2) is 23.4 Å². The predicted octanol–water partition coefficient (Wildman–Crippen LogP) is 1.97. The number of ether oxygens (including phenoxy) is 1. The molecule has 4 N–H and O–H groups in total. The molecule has 0 aliphatic carbocycles. The Bertz CT molecular complexity index is 532. The number of nitrogens with two attached hydrogens (primary N) is 1. The van der Waals surface area contributed by atoms with Gasteiger partial charge in [0.05, 0.1) is 5.60 Å². The van der Waals surface area contributed by atoms with Gasteiger partial charge >= 0.3 is 0 Å². The fourth-order valence-corrected chi connectivity index (χ4v) is 2.57. The summed E-state index contributed by atoms with van der Waals surface area (Å²) in [6.45, 7) is 5.29. The Morgan fingerprint density at radius 1 is 1.57 bits per heavy atom. The summed E-state index contributed by atoms with van der Waals surface area (Å²) < 4.78 is 19.7. The molecule has 116 valence electrons. The van der Waals surface area contributed by atoms with Crippen molar-refractivity contribution in [3.05, 3.63) is 35.1 Å². The van der Waals surface area contributed by atoms with Crippen molar-refractivity contribution in [2.75, 3.05) is 6.61 Å². The largest absolute Gasteiger partial charge is 0.409 e. The lowest BCUT2D eigenvalue weighted by atomic mass is 9.94. The van der Waals surface area contributed by atoms with Crippen LogP contribution in [0.4, 0.5) is 4.39 Å². The number of rotatable bonds is 4. The van der Waals surface area contributed by atoms with Crippen LogP contribution in [0.25, 0.3) is 0 Å². The van der Waals surface area contributed by atoms with Crippen molar-refractivity contribution in [2.45, 2.75) is 44.9 Å². The number of hydrogen-bond acceptors (Lipinski definition) is 4. The van der Waals surface area contributed by atoms with Gasteiger partial charge in [-0.2, -0.15) is 0 Å². The van der Waals surface area contributed by atoms with Crippen molar-refractivity contribution in [2.24, 2.45) is 10.9 Å². The predicted molar refractivity (Wildman–Crippen MR) is 78.8 cm³/mol. The van der Waals surface area contributed by atoms with Gasteiger partial charge in [-0.25, -0.2) is 4.39 Å². The van der Waals surface area contributed by atoms with Crippen LogP contribution in [0.2, 0.25) is 0 Å². The Morgan fingerprint density at radius 3 is 2.95 bits per heavy atom. The van der Waals surface area contributed by atoms with E-state index >= 15 is 0 Å². The minimum atomic E-state index is -0.363. The molecule has 1 saturated heterocycles. The van der Waals surface area contributed by atoms with E-state index in [0.717, 1.165) is 19.4 Å². The molecule has 1 aliphatic rings. The van der Waals surface area contributed by atoms with Crippen LogP contribution in [-0.2, 0) is 11.3 Å². The molecule has 1 aliphatic heterocycles. The average Bonchev–Trinajstić information content (AvgIpc) is 2.44. The van der Waals surface area contributed by atoms with Crippen LogP contribution < -0.4 is 11.1 Å². The SMILES string of the molecule is CC1(C)CC(NCc2ccc(/C(N)=N/O)cc2F)CCO1. The molecule has 0 saturated carbocycles. The summed E-state index contributed by atoms with van der Waals surface area (Å²) in [6.07, 6.45) is 1.82. The molecule has 6 heteroatoms. The first kappa shape index (κ1) is 15.7. The van der Waals surface area contributed by atoms with E-state index in [0.29, 0.717) is 23.7 Å². The zero-order valence-electron chi connectivity index (χ0n) is 12.4. The zero-order valence-corrected chi connectivity index (χ0v) is 12.4. The number of nitrogens with one attached hydrogen (secondary N) is 1. The second-order valence-electron chi connectivity index (χ2n) is 5.97. The van der Waals surface area contributed by atoms with Crippen LogP contribution >= 0.6 is 0 Å². The minimum Gasteiger partial charge on any atom is -0.409 e. The molecule has 1 aromatic rings. The van der Waals surface area contributed by atoms with E-state index in [2.05, 4.69) is 24.3 Å². The highest BCUT2D eigenvalue weighted by atomic mass is 19.1. The number of amidine groups is 1. The molecule has 1 fully saturated rings. The third kappa shape index (κ3) is 4.15. The Morgan fingerprint density at radius 2 is 2.33 bits per heavy atom. The third-order valence-electron chi connectivity index (χ3n) is 3.73.